The lowest BCUT2D eigenvalue weighted by atomic mass is 9.99. The van der Waals surface area contributed by atoms with E-state index in [1.807, 2.05) is 6.07 Å². The normalized spacial score (nSPS) is 14.4. The molecular formula is C18H20N2O2. The molecule has 0 radical (unpaired) electrons. The van der Waals surface area contributed by atoms with Crippen LogP contribution in [0.3, 0.4) is 0 Å². The number of carbonyl (C=O) groups excluding carboxylic acids is 1. The third kappa shape index (κ3) is 2.97. The Balaban J connectivity index is 1.73. The van der Waals surface area contributed by atoms with Crippen molar-refractivity contribution in [1.29, 1.82) is 0 Å². The lowest BCUT2D eigenvalue weighted by Gasteiger charge is -2.29. The monoisotopic (exact) mass is 296 g/mol. The predicted octanol–water partition coefficient (Wildman–Crippen LogP) is 2.61. The molecule has 0 atom stereocenters. The molecule has 22 heavy (non-hydrogen) atoms. The number of rotatable bonds is 3. The number of hydrogen-bond donors (Lipinski definition) is 1. The van der Waals surface area contributed by atoms with Gasteiger partial charge in [0.25, 0.3) is 0 Å². The van der Waals surface area contributed by atoms with Crippen LogP contribution in [-0.4, -0.2) is 24.5 Å². The fraction of sp³-hybridized carbons (Fsp3) is 0.278. The smallest absolute Gasteiger partial charge is 0.337 e. The van der Waals surface area contributed by atoms with Crippen LogP contribution in [0.25, 0.3) is 0 Å². The highest BCUT2D eigenvalue weighted by atomic mass is 16.5. The van der Waals surface area contributed by atoms with Crippen LogP contribution in [0.15, 0.2) is 42.5 Å². The summed E-state index contributed by atoms with van der Waals surface area (Å²) >= 11 is 0. The molecule has 0 fully saturated rings. The number of nitrogens with zero attached hydrogens (tertiary/aromatic N) is 1. The predicted molar refractivity (Wildman–Crippen MR) is 86.5 cm³/mol. The van der Waals surface area contributed by atoms with E-state index < -0.39 is 0 Å². The van der Waals surface area contributed by atoms with E-state index in [4.69, 9.17) is 10.5 Å². The highest BCUT2D eigenvalue weighted by Gasteiger charge is 2.17. The van der Waals surface area contributed by atoms with Gasteiger partial charge in [0.15, 0.2) is 0 Å². The molecule has 0 saturated carbocycles. The van der Waals surface area contributed by atoms with Crippen LogP contribution in [0.4, 0.5) is 5.69 Å². The summed E-state index contributed by atoms with van der Waals surface area (Å²) < 4.78 is 4.72. The van der Waals surface area contributed by atoms with Gasteiger partial charge in [0.2, 0.25) is 0 Å². The quantitative estimate of drug-likeness (QED) is 0.699. The molecule has 0 aromatic heterocycles. The van der Waals surface area contributed by atoms with Gasteiger partial charge in [-0.3, -0.25) is 4.90 Å². The molecule has 2 aromatic rings. The first-order valence-corrected chi connectivity index (χ1v) is 7.43. The number of ether oxygens (including phenoxy) is 1. The van der Waals surface area contributed by atoms with Crippen molar-refractivity contribution < 1.29 is 9.53 Å². The molecule has 2 N–H and O–H groups in total. The molecule has 1 aliphatic rings. The lowest BCUT2D eigenvalue weighted by Crippen LogP contribution is -2.30. The summed E-state index contributed by atoms with van der Waals surface area (Å²) in [6.07, 6.45) is 1.07. The molecule has 0 saturated heterocycles. The van der Waals surface area contributed by atoms with Crippen molar-refractivity contribution >= 4 is 11.7 Å². The second-order valence-electron chi connectivity index (χ2n) is 5.63. The summed E-state index contributed by atoms with van der Waals surface area (Å²) in [6.45, 7) is 2.76. The molecule has 0 amide bonds. The molecule has 2 aromatic carbocycles. The van der Waals surface area contributed by atoms with Crippen LogP contribution in [0.1, 0.15) is 27.0 Å². The maximum absolute atomic E-state index is 11.5. The fourth-order valence-corrected chi connectivity index (χ4v) is 2.91. The maximum Gasteiger partial charge on any atom is 0.337 e. The maximum atomic E-state index is 11.5. The highest BCUT2D eigenvalue weighted by molar-refractivity contribution is 5.90. The van der Waals surface area contributed by atoms with Gasteiger partial charge in [0.1, 0.15) is 0 Å². The zero-order valence-corrected chi connectivity index (χ0v) is 12.7. The number of hydrogen-bond acceptors (Lipinski definition) is 4. The van der Waals surface area contributed by atoms with Gasteiger partial charge in [-0.25, -0.2) is 4.79 Å². The zero-order valence-electron chi connectivity index (χ0n) is 12.7. The van der Waals surface area contributed by atoms with Crippen LogP contribution >= 0.6 is 0 Å². The minimum absolute atomic E-state index is 0.356. The van der Waals surface area contributed by atoms with Crippen molar-refractivity contribution in [3.8, 4) is 0 Å². The molecule has 0 aliphatic carbocycles. The molecule has 3 rings (SSSR count). The molecule has 4 heteroatoms. The first-order chi connectivity index (χ1) is 10.7. The second kappa shape index (κ2) is 6.20. The highest BCUT2D eigenvalue weighted by Crippen LogP contribution is 2.23. The summed E-state index contributed by atoms with van der Waals surface area (Å²) in [5, 5.41) is 0. The largest absolute Gasteiger partial charge is 0.465 e. The Bertz CT molecular complexity index is 697. The van der Waals surface area contributed by atoms with E-state index in [0.717, 1.165) is 31.6 Å². The summed E-state index contributed by atoms with van der Waals surface area (Å²) in [6, 6.07) is 14.0. The number of esters is 1. The molecular weight excluding hydrogens is 276 g/mol. The Morgan fingerprint density at radius 1 is 1.23 bits per heavy atom. The van der Waals surface area contributed by atoms with E-state index >= 15 is 0 Å². The number of nitrogen functional groups attached to an aromatic ring is 1. The standard InChI is InChI=1S/C18H20N2O2/c1-22-18(21)14-6-7-16(17(19)10-14)12-20-9-8-13-4-2-3-5-15(13)11-20/h2-7,10H,8-9,11-12,19H2,1H3. The molecule has 0 bridgehead atoms. The van der Waals surface area contributed by atoms with E-state index in [1.165, 1.54) is 18.2 Å². The van der Waals surface area contributed by atoms with Crippen LogP contribution in [0.5, 0.6) is 0 Å². The lowest BCUT2D eigenvalue weighted by molar-refractivity contribution is 0.0601. The van der Waals surface area contributed by atoms with Crippen LogP contribution in [0, 0.1) is 0 Å². The Morgan fingerprint density at radius 3 is 2.73 bits per heavy atom. The van der Waals surface area contributed by atoms with Gasteiger partial charge in [0.05, 0.1) is 12.7 Å². The third-order valence-electron chi connectivity index (χ3n) is 4.17. The number of fused-ring (bicyclic) bond motifs is 1. The number of methoxy groups -OCH3 is 1. The SMILES string of the molecule is COC(=O)c1ccc(CN2CCc3ccccc3C2)c(N)c1. The molecule has 1 heterocycles. The minimum Gasteiger partial charge on any atom is -0.465 e. The van der Waals surface area contributed by atoms with Crippen LogP contribution < -0.4 is 5.73 Å². The van der Waals surface area contributed by atoms with E-state index in [9.17, 15) is 4.79 Å². The van der Waals surface area contributed by atoms with Crippen LogP contribution in [-0.2, 0) is 24.2 Å². The Morgan fingerprint density at radius 2 is 2.00 bits per heavy atom. The molecule has 1 aliphatic heterocycles. The fourth-order valence-electron chi connectivity index (χ4n) is 2.91. The number of nitrogens with two attached hydrogens (primary N) is 1. The molecule has 114 valence electrons. The van der Waals surface area contributed by atoms with Gasteiger partial charge in [-0.15, -0.1) is 0 Å². The summed E-state index contributed by atoms with van der Waals surface area (Å²) in [4.78, 5) is 13.9. The number of benzene rings is 2. The van der Waals surface area contributed by atoms with Crippen molar-refractivity contribution in [2.45, 2.75) is 19.5 Å². The number of anilines is 1. The van der Waals surface area contributed by atoms with E-state index in [1.54, 1.807) is 12.1 Å². The second-order valence-corrected chi connectivity index (χ2v) is 5.63. The van der Waals surface area contributed by atoms with Crippen LogP contribution in [0.2, 0.25) is 0 Å². The van der Waals surface area contributed by atoms with Crippen molar-refractivity contribution in [2.75, 3.05) is 19.4 Å². The average molecular weight is 296 g/mol. The Kier molecular flexibility index (Phi) is 4.11. The summed E-state index contributed by atoms with van der Waals surface area (Å²) in [7, 11) is 1.37. The molecule has 0 spiro atoms. The van der Waals surface area contributed by atoms with Crippen molar-refractivity contribution in [3.05, 3.63) is 64.7 Å². The van der Waals surface area contributed by atoms with Crippen molar-refractivity contribution in [3.63, 3.8) is 0 Å². The van der Waals surface area contributed by atoms with Gasteiger partial charge in [-0.1, -0.05) is 30.3 Å². The Labute approximate surface area is 130 Å². The number of carbonyl (C=O) groups is 1. The first-order valence-electron chi connectivity index (χ1n) is 7.43. The zero-order chi connectivity index (χ0) is 15.5. The first kappa shape index (κ1) is 14.6. The van der Waals surface area contributed by atoms with Gasteiger partial charge in [-0.2, -0.15) is 0 Å². The molecule has 4 nitrogen and oxygen atoms in total. The third-order valence-corrected chi connectivity index (χ3v) is 4.17. The van der Waals surface area contributed by atoms with E-state index in [0.29, 0.717) is 11.3 Å². The molecule has 0 unspecified atom stereocenters. The van der Waals surface area contributed by atoms with Gasteiger partial charge in [0, 0.05) is 25.3 Å². The topological polar surface area (TPSA) is 55.6 Å². The van der Waals surface area contributed by atoms with E-state index in [2.05, 4.69) is 29.2 Å². The van der Waals surface area contributed by atoms with Crippen molar-refractivity contribution in [1.82, 2.24) is 4.90 Å². The van der Waals surface area contributed by atoms with Crippen molar-refractivity contribution in [2.24, 2.45) is 0 Å². The van der Waals surface area contributed by atoms with Gasteiger partial charge < -0.3 is 10.5 Å². The average Bonchev–Trinajstić information content (AvgIpc) is 2.56. The Hall–Kier alpha value is -2.33. The van der Waals surface area contributed by atoms with E-state index in [-0.39, 0.29) is 5.97 Å². The summed E-state index contributed by atoms with van der Waals surface area (Å²) in [5.41, 5.74) is 11.1. The summed E-state index contributed by atoms with van der Waals surface area (Å²) in [5.74, 6) is -0.356. The minimum atomic E-state index is -0.356. The van der Waals surface area contributed by atoms with Gasteiger partial charge >= 0.3 is 5.97 Å². The van der Waals surface area contributed by atoms with Gasteiger partial charge in [-0.05, 0) is 35.2 Å².